The number of carbonyl (C=O) groups excluding carboxylic acids is 1. The summed E-state index contributed by atoms with van der Waals surface area (Å²) >= 11 is 1.40. The number of benzene rings is 1. The fraction of sp³-hybridized carbons (Fsp3) is 0.520. The molecule has 0 unspecified atom stereocenters. The normalized spacial score (nSPS) is 26.6. The first-order valence-corrected chi connectivity index (χ1v) is 12.0. The molecule has 3 fully saturated rings. The van der Waals surface area contributed by atoms with Crippen LogP contribution >= 0.6 is 11.3 Å². The van der Waals surface area contributed by atoms with Gasteiger partial charge in [-0.15, -0.1) is 11.3 Å². The monoisotopic (exact) mass is 441 g/mol. The zero-order valence-corrected chi connectivity index (χ0v) is 19.0. The molecule has 1 amide bonds. The number of carboxylic acids is 1. The molecule has 1 heterocycles. The molecule has 0 aliphatic heterocycles. The minimum atomic E-state index is -0.750. The predicted octanol–water partition coefficient (Wildman–Crippen LogP) is 5.59. The fourth-order valence-corrected chi connectivity index (χ4v) is 6.54. The van der Waals surface area contributed by atoms with Crippen LogP contribution in [0.15, 0.2) is 35.7 Å². The topological polar surface area (TPSA) is 86.6 Å². The number of fused-ring (bicyclic) bond motifs is 3. The van der Waals surface area contributed by atoms with Crippen molar-refractivity contribution in [3.63, 3.8) is 0 Å². The molecule has 5 rings (SSSR count). The largest absolute Gasteiger partial charge is 0.506 e. The Morgan fingerprint density at radius 3 is 2.81 bits per heavy atom. The quantitative estimate of drug-likeness (QED) is 0.368. The Bertz CT molecular complexity index is 1010. The maximum Gasteiger partial charge on any atom is 0.303 e. The molecule has 2 bridgehead atoms. The van der Waals surface area contributed by atoms with Crippen molar-refractivity contribution in [3.05, 3.63) is 41.3 Å². The standard InChI is InChI=1S/C25H31NO4S/c1-25(2)16-12-15(8-5-3-4-6-11-21(28)29)22(19(25)13-16)26-24(30)18-14-31-23-17(18)9-7-10-20(23)27/h3,5,7,9-10,14-16,19,22,27H,4,6,8,11-13H2,1-2H3,(H,26,30)(H,28,29)/t15-,16+,19+,22-/m0/s1. The average molecular weight is 442 g/mol. The van der Waals surface area contributed by atoms with Gasteiger partial charge in [-0.05, 0) is 61.3 Å². The lowest BCUT2D eigenvalue weighted by Gasteiger charge is -2.62. The zero-order chi connectivity index (χ0) is 22.2. The van der Waals surface area contributed by atoms with Crippen LogP contribution < -0.4 is 5.32 Å². The van der Waals surface area contributed by atoms with Crippen molar-refractivity contribution in [3.8, 4) is 5.75 Å². The summed E-state index contributed by atoms with van der Waals surface area (Å²) in [6.45, 7) is 4.64. The Morgan fingerprint density at radius 1 is 1.26 bits per heavy atom. The summed E-state index contributed by atoms with van der Waals surface area (Å²) in [6.07, 6.45) is 9.08. The SMILES string of the molecule is CC1(C)[C@@H]2C[C@H](CC=CCCCC(=O)O)[C@H](NC(=O)c3csc4c(O)cccc34)[C@H]1C2. The first-order valence-electron chi connectivity index (χ1n) is 11.2. The third kappa shape index (κ3) is 4.22. The molecule has 5 nitrogen and oxygen atoms in total. The van der Waals surface area contributed by atoms with E-state index in [-0.39, 0.29) is 29.5 Å². The van der Waals surface area contributed by atoms with Gasteiger partial charge in [-0.2, -0.15) is 0 Å². The number of carbonyl (C=O) groups is 2. The van der Waals surface area contributed by atoms with E-state index in [0.717, 1.165) is 29.3 Å². The molecule has 0 spiro atoms. The molecule has 31 heavy (non-hydrogen) atoms. The molecule has 0 radical (unpaired) electrons. The molecule has 6 heteroatoms. The lowest BCUT2D eigenvalue weighted by molar-refractivity contribution is -0.137. The van der Waals surface area contributed by atoms with Crippen molar-refractivity contribution in [1.82, 2.24) is 5.32 Å². The molecule has 3 aliphatic rings. The van der Waals surface area contributed by atoms with E-state index < -0.39 is 5.97 Å². The summed E-state index contributed by atoms with van der Waals surface area (Å²) in [5, 5.41) is 24.8. The number of hydrogen-bond acceptors (Lipinski definition) is 4. The summed E-state index contributed by atoms with van der Waals surface area (Å²) in [4.78, 5) is 23.9. The number of rotatable bonds is 8. The molecule has 1 aromatic heterocycles. The Hall–Kier alpha value is -2.34. The summed E-state index contributed by atoms with van der Waals surface area (Å²) in [5.74, 6) is 0.982. The van der Waals surface area contributed by atoms with Gasteiger partial charge in [-0.25, -0.2) is 0 Å². The van der Waals surface area contributed by atoms with Crippen LogP contribution in [0.5, 0.6) is 5.75 Å². The van der Waals surface area contributed by atoms with Gasteiger partial charge in [0.1, 0.15) is 5.75 Å². The molecule has 0 saturated heterocycles. The number of hydrogen-bond donors (Lipinski definition) is 3. The Balaban J connectivity index is 1.46. The Morgan fingerprint density at radius 2 is 2.06 bits per heavy atom. The van der Waals surface area contributed by atoms with Gasteiger partial charge in [-0.1, -0.05) is 38.1 Å². The van der Waals surface area contributed by atoms with E-state index in [0.29, 0.717) is 29.7 Å². The summed E-state index contributed by atoms with van der Waals surface area (Å²) < 4.78 is 0.751. The van der Waals surface area contributed by atoms with Gasteiger partial charge in [0, 0.05) is 23.2 Å². The number of nitrogens with one attached hydrogen (secondary N) is 1. The average Bonchev–Trinajstić information content (AvgIpc) is 3.16. The summed E-state index contributed by atoms with van der Waals surface area (Å²) in [6, 6.07) is 5.45. The number of carboxylic acid groups (broad SMARTS) is 1. The second-order valence-electron chi connectivity index (χ2n) is 9.65. The van der Waals surface area contributed by atoms with E-state index in [9.17, 15) is 14.7 Å². The van der Waals surface area contributed by atoms with Crippen LogP contribution in [0.3, 0.4) is 0 Å². The minimum absolute atomic E-state index is 0.0570. The number of amides is 1. The van der Waals surface area contributed by atoms with Crippen molar-refractivity contribution in [1.29, 1.82) is 0 Å². The molecule has 2 aromatic rings. The van der Waals surface area contributed by atoms with Gasteiger partial charge in [0.2, 0.25) is 0 Å². The molecule has 1 aromatic carbocycles. The number of phenolic OH excluding ortho intramolecular Hbond substituents is 1. The second-order valence-corrected chi connectivity index (χ2v) is 10.5. The second kappa shape index (κ2) is 8.65. The molecular weight excluding hydrogens is 410 g/mol. The highest BCUT2D eigenvalue weighted by molar-refractivity contribution is 7.18. The van der Waals surface area contributed by atoms with Crippen molar-refractivity contribution in [2.24, 2.45) is 23.2 Å². The number of thiophene rings is 1. The van der Waals surface area contributed by atoms with Crippen molar-refractivity contribution >= 4 is 33.3 Å². The van der Waals surface area contributed by atoms with Gasteiger partial charge in [0.25, 0.3) is 5.91 Å². The number of aliphatic carboxylic acids is 1. The van der Waals surface area contributed by atoms with E-state index in [1.54, 1.807) is 12.1 Å². The molecule has 166 valence electrons. The van der Waals surface area contributed by atoms with Crippen molar-refractivity contribution in [2.75, 3.05) is 0 Å². The van der Waals surface area contributed by atoms with Crippen LogP contribution in [0, 0.1) is 23.2 Å². The van der Waals surface area contributed by atoms with Gasteiger partial charge in [0.15, 0.2) is 0 Å². The predicted molar refractivity (Wildman–Crippen MR) is 123 cm³/mol. The molecule has 3 aliphatic carbocycles. The number of allylic oxidation sites excluding steroid dienone is 2. The molecule has 4 atom stereocenters. The first kappa shape index (κ1) is 21.9. The maximum absolute atomic E-state index is 13.2. The number of unbranched alkanes of at least 4 members (excludes halogenated alkanes) is 1. The Labute approximate surface area is 187 Å². The zero-order valence-electron chi connectivity index (χ0n) is 18.1. The summed E-state index contributed by atoms with van der Waals surface area (Å²) in [7, 11) is 0. The van der Waals surface area contributed by atoms with E-state index in [1.165, 1.54) is 17.8 Å². The van der Waals surface area contributed by atoms with Crippen LogP contribution in [-0.2, 0) is 4.79 Å². The van der Waals surface area contributed by atoms with E-state index in [2.05, 4.69) is 31.3 Å². The Kier molecular flexibility index (Phi) is 6.11. The van der Waals surface area contributed by atoms with Gasteiger partial charge < -0.3 is 15.5 Å². The lowest BCUT2D eigenvalue weighted by atomic mass is 9.44. The number of phenols is 1. The van der Waals surface area contributed by atoms with Crippen LogP contribution in [-0.4, -0.2) is 28.1 Å². The third-order valence-electron chi connectivity index (χ3n) is 7.56. The van der Waals surface area contributed by atoms with Gasteiger partial charge >= 0.3 is 5.97 Å². The lowest BCUT2D eigenvalue weighted by Crippen LogP contribution is -2.63. The number of aromatic hydroxyl groups is 1. The van der Waals surface area contributed by atoms with Crippen LogP contribution in [0.25, 0.3) is 10.1 Å². The van der Waals surface area contributed by atoms with Crippen molar-refractivity contribution in [2.45, 2.75) is 58.4 Å². The van der Waals surface area contributed by atoms with E-state index in [4.69, 9.17) is 5.11 Å². The maximum atomic E-state index is 13.2. The van der Waals surface area contributed by atoms with E-state index >= 15 is 0 Å². The van der Waals surface area contributed by atoms with Gasteiger partial charge in [0.05, 0.1) is 10.3 Å². The fourth-order valence-electron chi connectivity index (χ4n) is 5.57. The summed E-state index contributed by atoms with van der Waals surface area (Å²) in [5.41, 5.74) is 0.882. The highest BCUT2D eigenvalue weighted by atomic mass is 32.1. The van der Waals surface area contributed by atoms with E-state index in [1.807, 2.05) is 11.4 Å². The van der Waals surface area contributed by atoms with Crippen LogP contribution in [0.2, 0.25) is 0 Å². The molecule has 3 saturated carbocycles. The molecule has 3 N–H and O–H groups in total. The highest BCUT2D eigenvalue weighted by Crippen LogP contribution is 2.61. The van der Waals surface area contributed by atoms with Gasteiger partial charge in [-0.3, -0.25) is 9.59 Å². The smallest absolute Gasteiger partial charge is 0.303 e. The first-order chi connectivity index (χ1) is 14.8. The van der Waals surface area contributed by atoms with Crippen LogP contribution in [0.1, 0.15) is 62.7 Å². The van der Waals surface area contributed by atoms with Crippen molar-refractivity contribution < 1.29 is 19.8 Å². The minimum Gasteiger partial charge on any atom is -0.506 e. The third-order valence-corrected chi connectivity index (χ3v) is 8.58. The van der Waals surface area contributed by atoms with Crippen LogP contribution in [0.4, 0.5) is 0 Å². The molecular formula is C25H31NO4S. The highest BCUT2D eigenvalue weighted by Gasteiger charge is 2.57.